The monoisotopic (exact) mass is 401 g/mol. The second-order valence-corrected chi connectivity index (χ2v) is 10.0. The minimum Gasteiger partial charge on any atom is -0.379 e. The van der Waals surface area contributed by atoms with Gasteiger partial charge in [-0.1, -0.05) is 26.8 Å². The van der Waals surface area contributed by atoms with Crippen LogP contribution in [0.3, 0.4) is 0 Å². The van der Waals surface area contributed by atoms with E-state index in [4.69, 9.17) is 9.73 Å². The van der Waals surface area contributed by atoms with Gasteiger partial charge in [0.25, 0.3) is 5.91 Å². The lowest BCUT2D eigenvalue weighted by atomic mass is 9.79. The summed E-state index contributed by atoms with van der Waals surface area (Å²) in [4.78, 5) is 20.6. The Morgan fingerprint density at radius 1 is 1.32 bits per heavy atom. The van der Waals surface area contributed by atoms with Gasteiger partial charge in [-0.3, -0.25) is 9.69 Å². The molecule has 5 nitrogen and oxygen atoms in total. The number of carbonyl (C=O) groups is 1. The van der Waals surface area contributed by atoms with E-state index in [0.29, 0.717) is 12.5 Å². The summed E-state index contributed by atoms with van der Waals surface area (Å²) in [6.07, 6.45) is 2.11. The van der Waals surface area contributed by atoms with E-state index in [9.17, 15) is 4.79 Å². The van der Waals surface area contributed by atoms with E-state index in [1.165, 1.54) is 11.5 Å². The molecule has 1 aromatic rings. The summed E-state index contributed by atoms with van der Waals surface area (Å²) in [5.41, 5.74) is 4.05. The Kier molecular flexibility index (Phi) is 5.81. The van der Waals surface area contributed by atoms with Crippen LogP contribution in [-0.2, 0) is 16.6 Å². The maximum atomic E-state index is 13.3. The van der Waals surface area contributed by atoms with E-state index < -0.39 is 0 Å². The second-order valence-electron chi connectivity index (χ2n) is 8.93. The lowest BCUT2D eigenvalue weighted by Gasteiger charge is -2.29. The molecule has 0 saturated carbocycles. The standard InChI is InChI=1S/C22H31N3O2S/c1-22(2,3)17-4-5-18-16(14-15-6-13-28-21(15)24-18)19(17)20(26)23-7-8-25-9-11-27-12-10-25/h4-5,15H,6-14H2,1-3H3,(H,23,26). The topological polar surface area (TPSA) is 53.9 Å². The molecule has 3 aliphatic heterocycles. The molecule has 1 amide bonds. The van der Waals surface area contributed by atoms with Gasteiger partial charge in [-0.05, 0) is 41.2 Å². The zero-order valence-electron chi connectivity index (χ0n) is 17.2. The first-order chi connectivity index (χ1) is 13.4. The first kappa shape index (κ1) is 19.9. The lowest BCUT2D eigenvalue weighted by Crippen LogP contribution is -2.41. The highest BCUT2D eigenvalue weighted by Crippen LogP contribution is 2.42. The summed E-state index contributed by atoms with van der Waals surface area (Å²) < 4.78 is 5.40. The molecule has 0 radical (unpaired) electrons. The van der Waals surface area contributed by atoms with Gasteiger partial charge in [0.2, 0.25) is 0 Å². The van der Waals surface area contributed by atoms with E-state index >= 15 is 0 Å². The number of hydrogen-bond acceptors (Lipinski definition) is 5. The molecule has 0 aliphatic carbocycles. The molecule has 28 heavy (non-hydrogen) atoms. The number of nitrogens with one attached hydrogen (secondary N) is 1. The molecule has 0 aromatic heterocycles. The summed E-state index contributed by atoms with van der Waals surface area (Å²) in [7, 11) is 0. The summed E-state index contributed by atoms with van der Waals surface area (Å²) in [5, 5.41) is 4.45. The normalized spacial score (nSPS) is 22.4. The summed E-state index contributed by atoms with van der Waals surface area (Å²) in [5.74, 6) is 1.69. The number of aliphatic imine (C=N–C) groups is 1. The number of hydrogen-bond donors (Lipinski definition) is 1. The van der Waals surface area contributed by atoms with Crippen LogP contribution in [0.1, 0.15) is 48.7 Å². The van der Waals surface area contributed by atoms with E-state index in [-0.39, 0.29) is 11.3 Å². The van der Waals surface area contributed by atoms with E-state index in [1.54, 1.807) is 0 Å². The number of benzene rings is 1. The summed E-state index contributed by atoms with van der Waals surface area (Å²) in [6.45, 7) is 11.5. The molecule has 1 unspecified atom stereocenters. The van der Waals surface area contributed by atoms with Gasteiger partial charge in [-0.15, -0.1) is 11.8 Å². The fourth-order valence-corrected chi connectivity index (χ4v) is 5.51. The zero-order valence-corrected chi connectivity index (χ0v) is 18.0. The van der Waals surface area contributed by atoms with Crippen molar-refractivity contribution in [2.45, 2.75) is 39.0 Å². The molecular weight excluding hydrogens is 370 g/mol. The number of ether oxygens (including phenoxy) is 1. The van der Waals surface area contributed by atoms with Crippen LogP contribution in [0.2, 0.25) is 0 Å². The van der Waals surface area contributed by atoms with E-state index in [0.717, 1.165) is 67.4 Å². The molecule has 6 heteroatoms. The Bertz CT molecular complexity index is 779. The number of thioether (sulfide) groups is 1. The molecule has 1 atom stereocenters. The number of rotatable bonds is 4. The van der Waals surface area contributed by atoms with Crippen molar-refractivity contribution in [3.05, 3.63) is 28.8 Å². The third-order valence-electron chi connectivity index (χ3n) is 5.89. The average molecular weight is 402 g/mol. The number of nitrogens with zero attached hydrogens (tertiary/aromatic N) is 2. The van der Waals surface area contributed by atoms with Crippen LogP contribution in [-0.4, -0.2) is 61.0 Å². The van der Waals surface area contributed by atoms with Crippen molar-refractivity contribution in [1.29, 1.82) is 0 Å². The minimum atomic E-state index is -0.0830. The number of amides is 1. The highest BCUT2D eigenvalue weighted by molar-refractivity contribution is 8.14. The van der Waals surface area contributed by atoms with Crippen molar-refractivity contribution in [2.75, 3.05) is 45.1 Å². The molecule has 2 saturated heterocycles. The van der Waals surface area contributed by atoms with Gasteiger partial charge in [-0.2, -0.15) is 0 Å². The van der Waals surface area contributed by atoms with E-state index in [1.807, 2.05) is 11.8 Å². The SMILES string of the molecule is CC(C)(C)c1ccc2c(c1C(=O)NCCN1CCOCC1)CC1CCSC1=N2. The van der Waals surface area contributed by atoms with Crippen molar-refractivity contribution in [3.8, 4) is 0 Å². The molecule has 2 fully saturated rings. The molecule has 0 spiro atoms. The van der Waals surface area contributed by atoms with Crippen LogP contribution >= 0.6 is 11.8 Å². The fraction of sp³-hybridized carbons (Fsp3) is 0.636. The summed E-state index contributed by atoms with van der Waals surface area (Å²) in [6, 6.07) is 4.22. The smallest absolute Gasteiger partial charge is 0.251 e. The highest BCUT2D eigenvalue weighted by Gasteiger charge is 2.33. The van der Waals surface area contributed by atoms with Crippen molar-refractivity contribution in [1.82, 2.24) is 10.2 Å². The van der Waals surface area contributed by atoms with Crippen LogP contribution in [0.25, 0.3) is 0 Å². The quantitative estimate of drug-likeness (QED) is 0.840. The first-order valence-electron chi connectivity index (χ1n) is 10.4. The average Bonchev–Trinajstić information content (AvgIpc) is 3.12. The maximum Gasteiger partial charge on any atom is 0.251 e. The van der Waals surface area contributed by atoms with Gasteiger partial charge in [0, 0.05) is 37.7 Å². The van der Waals surface area contributed by atoms with Gasteiger partial charge in [-0.25, -0.2) is 4.99 Å². The Hall–Kier alpha value is -1.37. The molecule has 1 N–H and O–H groups in total. The minimum absolute atomic E-state index is 0.0549. The molecule has 1 aromatic carbocycles. The summed E-state index contributed by atoms with van der Waals surface area (Å²) >= 11 is 1.88. The Balaban J connectivity index is 1.57. The van der Waals surface area contributed by atoms with Crippen LogP contribution in [0.5, 0.6) is 0 Å². The Labute approximate surface area is 172 Å². The van der Waals surface area contributed by atoms with E-state index in [2.05, 4.69) is 43.1 Å². The predicted molar refractivity (Wildman–Crippen MR) is 116 cm³/mol. The number of carbonyl (C=O) groups excluding carboxylic acids is 1. The zero-order chi connectivity index (χ0) is 19.7. The maximum absolute atomic E-state index is 13.3. The highest BCUT2D eigenvalue weighted by atomic mass is 32.2. The third-order valence-corrected chi connectivity index (χ3v) is 7.05. The van der Waals surface area contributed by atoms with Gasteiger partial charge in [0.15, 0.2) is 0 Å². The molecule has 3 heterocycles. The largest absolute Gasteiger partial charge is 0.379 e. The van der Waals surface area contributed by atoms with Gasteiger partial charge in [0.05, 0.1) is 23.9 Å². The fourth-order valence-electron chi connectivity index (χ4n) is 4.30. The van der Waals surface area contributed by atoms with Crippen LogP contribution in [0, 0.1) is 5.92 Å². The Morgan fingerprint density at radius 3 is 2.86 bits per heavy atom. The van der Waals surface area contributed by atoms with Crippen molar-refractivity contribution in [3.63, 3.8) is 0 Å². The lowest BCUT2D eigenvalue weighted by molar-refractivity contribution is 0.0383. The van der Waals surface area contributed by atoms with Crippen LogP contribution in [0.15, 0.2) is 17.1 Å². The number of fused-ring (bicyclic) bond motifs is 2. The number of morpholine rings is 1. The molecule has 3 aliphatic rings. The van der Waals surface area contributed by atoms with Gasteiger partial charge >= 0.3 is 0 Å². The third kappa shape index (κ3) is 4.14. The van der Waals surface area contributed by atoms with Crippen LogP contribution < -0.4 is 5.32 Å². The van der Waals surface area contributed by atoms with Crippen molar-refractivity contribution >= 4 is 28.4 Å². The van der Waals surface area contributed by atoms with Crippen LogP contribution in [0.4, 0.5) is 5.69 Å². The molecule has 152 valence electrons. The Morgan fingerprint density at radius 2 is 2.11 bits per heavy atom. The molecular formula is C22H31N3O2S. The van der Waals surface area contributed by atoms with Gasteiger partial charge in [0.1, 0.15) is 0 Å². The predicted octanol–water partition coefficient (Wildman–Crippen LogP) is 3.39. The second kappa shape index (κ2) is 8.17. The first-order valence-corrected chi connectivity index (χ1v) is 11.4. The molecule has 0 bridgehead atoms. The molecule has 4 rings (SSSR count). The van der Waals surface area contributed by atoms with Crippen molar-refractivity contribution in [2.24, 2.45) is 10.9 Å². The van der Waals surface area contributed by atoms with Gasteiger partial charge < -0.3 is 10.1 Å². The van der Waals surface area contributed by atoms with Crippen molar-refractivity contribution < 1.29 is 9.53 Å².